The fourth-order valence-corrected chi connectivity index (χ4v) is 1.95. The van der Waals surface area contributed by atoms with Crippen LogP contribution in [0.25, 0.3) is 0 Å². The van der Waals surface area contributed by atoms with E-state index in [2.05, 4.69) is 0 Å². The van der Waals surface area contributed by atoms with Gasteiger partial charge in [0, 0.05) is 24.2 Å². The molecule has 5 nitrogen and oxygen atoms in total. The van der Waals surface area contributed by atoms with E-state index in [1.54, 1.807) is 12.1 Å². The monoisotopic (exact) mass is 250 g/mol. The van der Waals surface area contributed by atoms with E-state index >= 15 is 0 Å². The van der Waals surface area contributed by atoms with Crippen molar-refractivity contribution >= 4 is 17.2 Å². The summed E-state index contributed by atoms with van der Waals surface area (Å²) in [6.07, 6.45) is 0. The lowest BCUT2D eigenvalue weighted by molar-refractivity contribution is -0.384. The molecule has 1 rings (SSSR count). The van der Waals surface area contributed by atoms with Crippen LogP contribution in [0, 0.1) is 10.1 Å². The van der Waals surface area contributed by atoms with Crippen molar-refractivity contribution in [3.63, 3.8) is 0 Å². The van der Waals surface area contributed by atoms with Crippen LogP contribution in [-0.4, -0.2) is 23.3 Å². The Morgan fingerprint density at radius 1 is 1.44 bits per heavy atom. The fraction of sp³-hybridized carbons (Fsp3) is 0.462. The van der Waals surface area contributed by atoms with Gasteiger partial charge >= 0.3 is 0 Å². The van der Waals surface area contributed by atoms with Gasteiger partial charge in [0.1, 0.15) is 5.69 Å². The van der Waals surface area contributed by atoms with Crippen molar-refractivity contribution in [1.82, 2.24) is 0 Å². The molecule has 0 amide bonds. The third kappa shape index (κ3) is 2.85. The number of carbonyl (C=O) groups is 1. The maximum Gasteiger partial charge on any atom is 0.293 e. The first-order valence-corrected chi connectivity index (χ1v) is 5.94. The van der Waals surface area contributed by atoms with Gasteiger partial charge in [-0.15, -0.1) is 0 Å². The maximum absolute atomic E-state index is 11.3. The highest BCUT2D eigenvalue weighted by Crippen LogP contribution is 2.30. The SMILES string of the molecule is CCN(c1ccc(C(C)=O)cc1[N+](=O)[O-])C(C)C. The van der Waals surface area contributed by atoms with Crippen LogP contribution in [0.2, 0.25) is 0 Å². The molecule has 18 heavy (non-hydrogen) atoms. The number of carbonyl (C=O) groups excluding carboxylic acids is 1. The van der Waals surface area contributed by atoms with E-state index < -0.39 is 4.92 Å². The standard InChI is InChI=1S/C13H18N2O3/c1-5-14(9(2)3)12-7-6-11(10(4)16)8-13(12)15(17)18/h6-9H,5H2,1-4H3. The van der Waals surface area contributed by atoms with Gasteiger partial charge in [-0.3, -0.25) is 14.9 Å². The van der Waals surface area contributed by atoms with E-state index in [1.165, 1.54) is 13.0 Å². The van der Waals surface area contributed by atoms with Crippen molar-refractivity contribution in [3.05, 3.63) is 33.9 Å². The van der Waals surface area contributed by atoms with Gasteiger partial charge in [-0.05, 0) is 39.8 Å². The first kappa shape index (κ1) is 14.2. The van der Waals surface area contributed by atoms with Gasteiger partial charge in [-0.2, -0.15) is 0 Å². The Morgan fingerprint density at radius 2 is 2.06 bits per heavy atom. The smallest absolute Gasteiger partial charge is 0.293 e. The lowest BCUT2D eigenvalue weighted by Gasteiger charge is -2.27. The molecule has 98 valence electrons. The van der Waals surface area contributed by atoms with Crippen LogP contribution < -0.4 is 4.90 Å². The zero-order valence-electron chi connectivity index (χ0n) is 11.1. The minimum atomic E-state index is -0.438. The largest absolute Gasteiger partial charge is 0.364 e. The molecule has 0 bridgehead atoms. The molecule has 5 heteroatoms. The zero-order valence-corrected chi connectivity index (χ0v) is 11.1. The van der Waals surface area contributed by atoms with Crippen LogP contribution in [0.1, 0.15) is 38.1 Å². The summed E-state index contributed by atoms with van der Waals surface area (Å²) in [6, 6.07) is 4.80. The van der Waals surface area contributed by atoms with Crippen molar-refractivity contribution in [3.8, 4) is 0 Å². The van der Waals surface area contributed by atoms with E-state index in [9.17, 15) is 14.9 Å². The average molecular weight is 250 g/mol. The summed E-state index contributed by atoms with van der Waals surface area (Å²) < 4.78 is 0. The lowest BCUT2D eigenvalue weighted by Crippen LogP contribution is -2.30. The van der Waals surface area contributed by atoms with Crippen LogP contribution in [0.15, 0.2) is 18.2 Å². The van der Waals surface area contributed by atoms with Gasteiger partial charge in [0.15, 0.2) is 5.78 Å². The Kier molecular flexibility index (Phi) is 4.42. The second kappa shape index (κ2) is 5.62. The van der Waals surface area contributed by atoms with Gasteiger partial charge in [0.05, 0.1) is 4.92 Å². The second-order valence-electron chi connectivity index (χ2n) is 4.40. The second-order valence-corrected chi connectivity index (χ2v) is 4.40. The average Bonchev–Trinajstić information content (AvgIpc) is 2.29. The molecule has 0 aliphatic carbocycles. The first-order valence-electron chi connectivity index (χ1n) is 5.94. The minimum Gasteiger partial charge on any atom is -0.364 e. The molecule has 0 N–H and O–H groups in total. The highest BCUT2D eigenvalue weighted by atomic mass is 16.6. The molecular formula is C13H18N2O3. The summed E-state index contributed by atoms with van der Waals surface area (Å²) in [5.74, 6) is -0.169. The molecule has 0 fully saturated rings. The number of Topliss-reactive ketones (excluding diaryl/α,β-unsaturated/α-hetero) is 1. The molecule has 0 unspecified atom stereocenters. The molecule has 0 atom stereocenters. The van der Waals surface area contributed by atoms with Crippen molar-refractivity contribution in [2.45, 2.75) is 33.7 Å². The summed E-state index contributed by atoms with van der Waals surface area (Å²) in [7, 11) is 0. The number of nitro groups is 1. The van der Waals surface area contributed by atoms with Gasteiger partial charge < -0.3 is 4.90 Å². The predicted molar refractivity (Wildman–Crippen MR) is 71.3 cm³/mol. The van der Waals surface area contributed by atoms with Crippen LogP contribution in [-0.2, 0) is 0 Å². The number of rotatable bonds is 5. The van der Waals surface area contributed by atoms with Gasteiger partial charge in [-0.25, -0.2) is 0 Å². The zero-order chi connectivity index (χ0) is 13.9. The van der Waals surface area contributed by atoms with Crippen LogP contribution in [0.3, 0.4) is 0 Å². The molecule has 0 radical (unpaired) electrons. The molecule has 0 aliphatic heterocycles. The quantitative estimate of drug-likeness (QED) is 0.457. The van der Waals surface area contributed by atoms with Crippen molar-refractivity contribution in [2.24, 2.45) is 0 Å². The van der Waals surface area contributed by atoms with E-state index in [-0.39, 0.29) is 17.5 Å². The molecule has 1 aromatic carbocycles. The third-order valence-electron chi connectivity index (χ3n) is 2.85. The van der Waals surface area contributed by atoms with Gasteiger partial charge in [0.25, 0.3) is 5.69 Å². The van der Waals surface area contributed by atoms with Gasteiger partial charge in [-0.1, -0.05) is 0 Å². The summed E-state index contributed by atoms with van der Waals surface area (Å²) in [5, 5.41) is 11.1. The Hall–Kier alpha value is -1.91. The predicted octanol–water partition coefficient (Wildman–Crippen LogP) is 3.03. The van der Waals surface area contributed by atoms with E-state index in [0.29, 0.717) is 17.8 Å². The number of ketones is 1. The van der Waals surface area contributed by atoms with E-state index in [1.807, 2.05) is 25.7 Å². The molecule has 0 spiro atoms. The highest BCUT2D eigenvalue weighted by Gasteiger charge is 2.21. The molecule has 0 saturated carbocycles. The molecule has 0 saturated heterocycles. The summed E-state index contributed by atoms with van der Waals surface area (Å²) >= 11 is 0. The van der Waals surface area contributed by atoms with Gasteiger partial charge in [0.2, 0.25) is 0 Å². The van der Waals surface area contributed by atoms with Crippen molar-refractivity contribution in [2.75, 3.05) is 11.4 Å². The van der Waals surface area contributed by atoms with E-state index in [4.69, 9.17) is 0 Å². The van der Waals surface area contributed by atoms with Crippen LogP contribution in [0.5, 0.6) is 0 Å². The number of anilines is 1. The molecule has 1 aromatic rings. The number of hydrogen-bond donors (Lipinski definition) is 0. The Morgan fingerprint density at radius 3 is 2.44 bits per heavy atom. The number of nitro benzene ring substituents is 1. The summed E-state index contributed by atoms with van der Waals surface area (Å²) in [4.78, 5) is 23.9. The van der Waals surface area contributed by atoms with Crippen molar-refractivity contribution in [1.29, 1.82) is 0 Å². The van der Waals surface area contributed by atoms with Crippen LogP contribution in [0.4, 0.5) is 11.4 Å². The number of hydrogen-bond acceptors (Lipinski definition) is 4. The van der Waals surface area contributed by atoms with E-state index in [0.717, 1.165) is 0 Å². The number of benzene rings is 1. The minimum absolute atomic E-state index is 0.0155. The lowest BCUT2D eigenvalue weighted by atomic mass is 10.1. The van der Waals surface area contributed by atoms with Crippen molar-refractivity contribution < 1.29 is 9.72 Å². The molecule has 0 heterocycles. The number of nitrogens with zero attached hydrogens (tertiary/aromatic N) is 2. The van der Waals surface area contributed by atoms with Crippen LogP contribution >= 0.6 is 0 Å². The molecule has 0 aliphatic rings. The first-order chi connectivity index (χ1) is 8.38. The summed E-state index contributed by atoms with van der Waals surface area (Å²) in [6.45, 7) is 7.98. The normalized spacial score (nSPS) is 10.5. The Bertz CT molecular complexity index is 469. The molecular weight excluding hydrogens is 232 g/mol. The maximum atomic E-state index is 11.3. The third-order valence-corrected chi connectivity index (χ3v) is 2.85. The highest BCUT2D eigenvalue weighted by molar-refractivity contribution is 5.95. The summed E-state index contributed by atoms with van der Waals surface area (Å²) in [5.41, 5.74) is 0.908. The Balaban J connectivity index is 3.35. The molecule has 0 aromatic heterocycles. The fourth-order valence-electron chi connectivity index (χ4n) is 1.95. The Labute approximate surface area is 107 Å². The topological polar surface area (TPSA) is 63.5 Å².